The number of benzene rings is 2. The van der Waals surface area contributed by atoms with Crippen LogP contribution >= 0.6 is 27.3 Å². The van der Waals surface area contributed by atoms with Crippen molar-refractivity contribution in [2.45, 2.75) is 6.42 Å². The number of H-pyrrole nitrogens is 1. The van der Waals surface area contributed by atoms with Gasteiger partial charge in [-0.05, 0) is 57.1 Å². The van der Waals surface area contributed by atoms with Crippen molar-refractivity contribution < 1.29 is 19.0 Å². The first-order chi connectivity index (χ1) is 14.4. The first-order valence-electron chi connectivity index (χ1n) is 8.96. The number of aromatic amines is 1. The third-order valence-corrected chi connectivity index (χ3v) is 6.39. The van der Waals surface area contributed by atoms with Gasteiger partial charge in [-0.1, -0.05) is 12.1 Å². The highest BCUT2D eigenvalue weighted by Gasteiger charge is 2.19. The lowest BCUT2D eigenvalue weighted by molar-refractivity contribution is 0.194. The molecule has 0 atom stereocenters. The normalized spacial score (nSPS) is 11.2. The van der Waals surface area contributed by atoms with Gasteiger partial charge in [0.25, 0.3) is 5.56 Å². The molecule has 3 N–H and O–H groups in total. The van der Waals surface area contributed by atoms with Gasteiger partial charge in [0, 0.05) is 27.4 Å². The molecule has 154 valence electrons. The van der Waals surface area contributed by atoms with Gasteiger partial charge in [0.1, 0.15) is 16.3 Å². The number of aromatic nitrogens is 1. The molecule has 0 aliphatic rings. The van der Waals surface area contributed by atoms with Crippen LogP contribution in [-0.2, 0) is 6.42 Å². The van der Waals surface area contributed by atoms with Crippen LogP contribution in [0.15, 0.2) is 45.0 Å². The minimum Gasteiger partial charge on any atom is -0.496 e. The lowest BCUT2D eigenvalue weighted by Gasteiger charge is -2.15. The number of carboxylic acid groups (broad SMARTS) is 1. The number of carbonyl (C=O) groups is 1. The van der Waals surface area contributed by atoms with Crippen LogP contribution in [0, 0.1) is 5.82 Å². The first-order valence-corrected chi connectivity index (χ1v) is 10.6. The minimum absolute atomic E-state index is 0.118. The predicted molar refractivity (Wildman–Crippen MR) is 119 cm³/mol. The van der Waals surface area contributed by atoms with E-state index in [-0.39, 0.29) is 18.5 Å². The third kappa shape index (κ3) is 3.54. The predicted octanol–water partition coefficient (Wildman–Crippen LogP) is 5.13. The molecule has 0 radical (unpaired) electrons. The summed E-state index contributed by atoms with van der Waals surface area (Å²) in [6.07, 6.45) is -0.912. The second-order valence-corrected chi connectivity index (χ2v) is 8.36. The molecule has 2 heterocycles. The molecule has 4 rings (SSSR count). The van der Waals surface area contributed by atoms with Crippen molar-refractivity contribution in [3.05, 3.63) is 61.9 Å². The standard InChI is InChI=1S/C21H16BrFN2O4S/c1-29-15-9-13(22)18-17(12-5-7-30-19(12)20(26)25-18)16(15)11-3-2-10(14(23)8-11)4-6-24-21(27)28/h2-3,5,7-9,24H,4,6H2,1H3,(H,25,26)(H,27,28). The maximum Gasteiger partial charge on any atom is 0.404 e. The Kier molecular flexibility index (Phi) is 5.48. The second kappa shape index (κ2) is 8.08. The second-order valence-electron chi connectivity index (χ2n) is 6.59. The van der Waals surface area contributed by atoms with Crippen LogP contribution in [0.2, 0.25) is 0 Å². The van der Waals surface area contributed by atoms with Crippen molar-refractivity contribution in [1.29, 1.82) is 0 Å². The number of fused-ring (bicyclic) bond motifs is 3. The first kappa shape index (κ1) is 20.4. The number of hydrogen-bond donors (Lipinski definition) is 3. The molecule has 0 aliphatic heterocycles. The van der Waals surface area contributed by atoms with Gasteiger partial charge in [0.05, 0.1) is 12.6 Å². The zero-order chi connectivity index (χ0) is 21.4. The zero-order valence-electron chi connectivity index (χ0n) is 15.7. The van der Waals surface area contributed by atoms with E-state index in [0.29, 0.717) is 37.1 Å². The minimum atomic E-state index is -1.15. The van der Waals surface area contributed by atoms with E-state index in [2.05, 4.69) is 26.2 Å². The molecule has 2 aromatic carbocycles. The van der Waals surface area contributed by atoms with Gasteiger partial charge in [0.15, 0.2) is 0 Å². The van der Waals surface area contributed by atoms with E-state index in [1.807, 2.05) is 11.4 Å². The molecule has 0 bridgehead atoms. The molecule has 9 heteroatoms. The summed E-state index contributed by atoms with van der Waals surface area (Å²) in [6, 6.07) is 8.43. The van der Waals surface area contributed by atoms with Crippen LogP contribution in [-0.4, -0.2) is 29.8 Å². The molecule has 1 amide bonds. The summed E-state index contributed by atoms with van der Waals surface area (Å²) in [6.45, 7) is 0.118. The number of ether oxygens (including phenoxy) is 1. The quantitative estimate of drug-likeness (QED) is 0.361. The SMILES string of the molecule is COc1cc(Br)c2[nH]c(=O)c3sccc3c2c1-c1ccc(CCNC(=O)O)c(F)c1. The molecular weight excluding hydrogens is 475 g/mol. The van der Waals surface area contributed by atoms with Crippen LogP contribution in [0.25, 0.3) is 32.1 Å². The monoisotopic (exact) mass is 490 g/mol. The van der Waals surface area contributed by atoms with Crippen LogP contribution in [0.4, 0.5) is 9.18 Å². The highest BCUT2D eigenvalue weighted by molar-refractivity contribution is 9.10. The molecule has 6 nitrogen and oxygen atoms in total. The van der Waals surface area contributed by atoms with Crippen LogP contribution in [0.1, 0.15) is 5.56 Å². The zero-order valence-corrected chi connectivity index (χ0v) is 18.1. The van der Waals surface area contributed by atoms with Gasteiger partial charge in [-0.3, -0.25) is 4.79 Å². The van der Waals surface area contributed by atoms with Gasteiger partial charge < -0.3 is 20.1 Å². The summed E-state index contributed by atoms with van der Waals surface area (Å²) in [7, 11) is 1.54. The highest BCUT2D eigenvalue weighted by atomic mass is 79.9. The van der Waals surface area contributed by atoms with E-state index in [4.69, 9.17) is 9.84 Å². The summed E-state index contributed by atoms with van der Waals surface area (Å²) in [5.41, 5.74) is 2.09. The van der Waals surface area contributed by atoms with Crippen LogP contribution < -0.4 is 15.6 Å². The van der Waals surface area contributed by atoms with Crippen molar-refractivity contribution in [3.8, 4) is 16.9 Å². The number of thiophene rings is 1. The van der Waals surface area contributed by atoms with E-state index >= 15 is 0 Å². The maximum absolute atomic E-state index is 14.8. The van der Waals surface area contributed by atoms with Gasteiger partial charge in [0.2, 0.25) is 0 Å². The van der Waals surface area contributed by atoms with Crippen LogP contribution in [0.3, 0.4) is 0 Å². The molecule has 0 fully saturated rings. The van der Waals surface area contributed by atoms with Crippen molar-refractivity contribution in [3.63, 3.8) is 0 Å². The fraction of sp³-hybridized carbons (Fsp3) is 0.143. The number of amides is 1. The molecule has 30 heavy (non-hydrogen) atoms. The van der Waals surface area contributed by atoms with E-state index in [9.17, 15) is 14.0 Å². The Morgan fingerprint density at radius 1 is 1.33 bits per heavy atom. The number of pyridine rings is 1. The smallest absolute Gasteiger partial charge is 0.404 e. The lowest BCUT2D eigenvalue weighted by Crippen LogP contribution is -2.23. The van der Waals surface area contributed by atoms with E-state index in [1.54, 1.807) is 18.2 Å². The van der Waals surface area contributed by atoms with Crippen molar-refractivity contribution in [2.75, 3.05) is 13.7 Å². The lowest BCUT2D eigenvalue weighted by atomic mass is 9.96. The van der Waals surface area contributed by atoms with Crippen molar-refractivity contribution in [1.82, 2.24) is 10.3 Å². The number of nitrogens with one attached hydrogen (secondary N) is 2. The van der Waals surface area contributed by atoms with Gasteiger partial charge in [-0.2, -0.15) is 0 Å². The number of hydrogen-bond acceptors (Lipinski definition) is 4. The van der Waals surface area contributed by atoms with E-state index in [0.717, 1.165) is 10.8 Å². The van der Waals surface area contributed by atoms with Gasteiger partial charge >= 0.3 is 6.09 Å². The maximum atomic E-state index is 14.8. The summed E-state index contributed by atoms with van der Waals surface area (Å²) in [5, 5.41) is 14.3. The number of rotatable bonds is 5. The Hall–Kier alpha value is -2.91. The molecule has 0 saturated carbocycles. The summed E-state index contributed by atoms with van der Waals surface area (Å²) in [5.74, 6) is 0.0948. The molecule has 2 aromatic heterocycles. The van der Waals surface area contributed by atoms with Crippen molar-refractivity contribution >= 4 is 54.3 Å². The summed E-state index contributed by atoms with van der Waals surface area (Å²) in [4.78, 5) is 26.0. The average Bonchev–Trinajstić information content (AvgIpc) is 3.20. The molecule has 0 unspecified atom stereocenters. The average molecular weight is 491 g/mol. The van der Waals surface area contributed by atoms with Gasteiger partial charge in [-0.15, -0.1) is 11.3 Å². The Morgan fingerprint density at radius 3 is 2.83 bits per heavy atom. The Balaban J connectivity index is 1.93. The van der Waals surface area contributed by atoms with Gasteiger partial charge in [-0.25, -0.2) is 9.18 Å². The Bertz CT molecular complexity index is 1350. The highest BCUT2D eigenvalue weighted by Crippen LogP contribution is 2.43. The van der Waals surface area contributed by atoms with Crippen molar-refractivity contribution in [2.24, 2.45) is 0 Å². The van der Waals surface area contributed by atoms with E-state index < -0.39 is 11.9 Å². The van der Waals surface area contributed by atoms with E-state index in [1.165, 1.54) is 24.5 Å². The fourth-order valence-corrected chi connectivity index (χ4v) is 4.83. The topological polar surface area (TPSA) is 91.4 Å². The number of halogens is 2. The summed E-state index contributed by atoms with van der Waals surface area (Å²) < 4.78 is 21.7. The molecule has 0 aliphatic carbocycles. The summed E-state index contributed by atoms with van der Waals surface area (Å²) >= 11 is 4.83. The molecular formula is C21H16BrFN2O4S. The molecule has 0 spiro atoms. The molecule has 4 aromatic rings. The third-order valence-electron chi connectivity index (χ3n) is 4.85. The number of methoxy groups -OCH3 is 1. The van der Waals surface area contributed by atoms with Crippen LogP contribution in [0.5, 0.6) is 5.75 Å². The molecule has 0 saturated heterocycles. The Labute approximate surface area is 182 Å². The largest absolute Gasteiger partial charge is 0.496 e. The Morgan fingerprint density at radius 2 is 2.13 bits per heavy atom. The fourth-order valence-electron chi connectivity index (χ4n) is 3.53.